The van der Waals surface area contributed by atoms with Crippen LogP contribution in [0.5, 0.6) is 5.75 Å². The van der Waals surface area contributed by atoms with Crippen LogP contribution in [0.2, 0.25) is 0 Å². The van der Waals surface area contributed by atoms with Crippen molar-refractivity contribution in [1.29, 1.82) is 0 Å². The zero-order chi connectivity index (χ0) is 23.7. The number of hydrogen-bond acceptors (Lipinski definition) is 6. The number of ether oxygens (including phenoxy) is 1. The first kappa shape index (κ1) is 22.9. The maximum atomic E-state index is 13.3. The van der Waals surface area contributed by atoms with Gasteiger partial charge in [-0.25, -0.2) is 9.36 Å². The van der Waals surface area contributed by atoms with Crippen molar-refractivity contribution < 1.29 is 14.6 Å². The van der Waals surface area contributed by atoms with Crippen LogP contribution in [0.1, 0.15) is 11.1 Å². The number of carboxylic acid groups (broad SMARTS) is 1. The fourth-order valence-electron chi connectivity index (χ4n) is 3.83. The molecule has 2 heterocycles. The average molecular weight is 483 g/mol. The van der Waals surface area contributed by atoms with Gasteiger partial charge in [-0.15, -0.1) is 23.1 Å². The van der Waals surface area contributed by atoms with E-state index in [9.17, 15) is 19.5 Å². The van der Waals surface area contributed by atoms with Crippen molar-refractivity contribution in [2.75, 3.05) is 13.4 Å². The molecular weight excluding hydrogens is 460 g/mol. The molecule has 2 aromatic heterocycles. The van der Waals surface area contributed by atoms with E-state index in [0.717, 1.165) is 31.0 Å². The van der Waals surface area contributed by atoms with E-state index in [-0.39, 0.29) is 6.54 Å². The Morgan fingerprint density at radius 1 is 1.09 bits per heavy atom. The van der Waals surface area contributed by atoms with E-state index in [1.165, 1.54) is 15.9 Å². The van der Waals surface area contributed by atoms with E-state index in [2.05, 4.69) is 0 Å². The van der Waals surface area contributed by atoms with Crippen molar-refractivity contribution in [2.24, 2.45) is 0 Å². The Morgan fingerprint density at radius 3 is 2.42 bits per heavy atom. The number of thioether (sulfide) groups is 1. The van der Waals surface area contributed by atoms with Crippen LogP contribution in [0.25, 0.3) is 20.7 Å². The van der Waals surface area contributed by atoms with Gasteiger partial charge in [-0.1, -0.05) is 18.2 Å². The Kier molecular flexibility index (Phi) is 6.44. The predicted octanol–water partition coefficient (Wildman–Crippen LogP) is 4.06. The van der Waals surface area contributed by atoms with Gasteiger partial charge in [-0.2, -0.15) is 0 Å². The van der Waals surface area contributed by atoms with Crippen molar-refractivity contribution >= 4 is 39.3 Å². The highest BCUT2D eigenvalue weighted by Gasteiger charge is 2.22. The Labute approximate surface area is 197 Å². The van der Waals surface area contributed by atoms with Gasteiger partial charge in [0.25, 0.3) is 5.56 Å². The van der Waals surface area contributed by atoms with E-state index < -0.39 is 23.8 Å². The molecule has 9 heteroatoms. The van der Waals surface area contributed by atoms with Gasteiger partial charge in [-0.3, -0.25) is 14.2 Å². The predicted molar refractivity (Wildman–Crippen MR) is 132 cm³/mol. The highest BCUT2D eigenvalue weighted by molar-refractivity contribution is 7.98. The molecule has 0 aliphatic rings. The molecule has 0 atom stereocenters. The van der Waals surface area contributed by atoms with Crippen LogP contribution >= 0.6 is 23.1 Å². The number of aryl methyl sites for hydroxylation is 1. The molecule has 0 saturated carbocycles. The largest absolute Gasteiger partial charge is 0.497 e. The summed E-state index contributed by atoms with van der Waals surface area (Å²) in [5.41, 5.74) is 1.32. The maximum absolute atomic E-state index is 13.3. The molecular formula is C24H22N2O5S2. The number of benzene rings is 2. The maximum Gasteiger partial charge on any atom is 0.332 e. The second-order valence-corrected chi connectivity index (χ2v) is 9.28. The Hall–Kier alpha value is -3.30. The summed E-state index contributed by atoms with van der Waals surface area (Å²) in [7, 11) is 1.59. The summed E-state index contributed by atoms with van der Waals surface area (Å²) in [5.74, 6) is -0.528. The molecule has 33 heavy (non-hydrogen) atoms. The molecule has 4 rings (SSSR count). The number of fused-ring (bicyclic) bond motifs is 1. The summed E-state index contributed by atoms with van der Waals surface area (Å²) < 4.78 is 7.56. The third-order valence-electron chi connectivity index (χ3n) is 5.46. The number of thiophene rings is 1. The first-order chi connectivity index (χ1) is 15.8. The number of rotatable bonds is 7. The topological polar surface area (TPSA) is 90.5 Å². The monoisotopic (exact) mass is 482 g/mol. The number of nitrogens with zero attached hydrogens (tertiary/aromatic N) is 2. The minimum Gasteiger partial charge on any atom is -0.497 e. The molecule has 7 nitrogen and oxygen atoms in total. The lowest BCUT2D eigenvalue weighted by atomic mass is 10.1. The first-order valence-corrected chi connectivity index (χ1v) is 12.1. The van der Waals surface area contributed by atoms with Gasteiger partial charge >= 0.3 is 11.7 Å². The number of carboxylic acids is 1. The van der Waals surface area contributed by atoms with E-state index in [4.69, 9.17) is 4.74 Å². The normalized spacial score (nSPS) is 11.1. The van der Waals surface area contributed by atoms with E-state index >= 15 is 0 Å². The van der Waals surface area contributed by atoms with Gasteiger partial charge in [0.05, 0.1) is 19.0 Å². The van der Waals surface area contributed by atoms with E-state index in [0.29, 0.717) is 16.0 Å². The fourth-order valence-corrected chi connectivity index (χ4v) is 5.74. The lowest BCUT2D eigenvalue weighted by Gasteiger charge is -2.13. The van der Waals surface area contributed by atoms with Crippen LogP contribution in [-0.4, -0.2) is 33.6 Å². The summed E-state index contributed by atoms with van der Waals surface area (Å²) >= 11 is 2.93. The number of aliphatic carboxylic acids is 1. The first-order valence-electron chi connectivity index (χ1n) is 10.1. The Balaban J connectivity index is 2.01. The molecule has 0 bridgehead atoms. The summed E-state index contributed by atoms with van der Waals surface area (Å²) in [6.45, 7) is 1.37. The molecule has 0 saturated heterocycles. The third kappa shape index (κ3) is 4.21. The van der Waals surface area contributed by atoms with Crippen molar-refractivity contribution in [3.05, 3.63) is 80.5 Å². The summed E-state index contributed by atoms with van der Waals surface area (Å²) in [6, 6.07) is 15.2. The molecule has 2 aromatic carbocycles. The second-order valence-electron chi connectivity index (χ2n) is 7.43. The molecule has 0 aliphatic heterocycles. The smallest absolute Gasteiger partial charge is 0.332 e. The molecule has 0 fully saturated rings. The van der Waals surface area contributed by atoms with Crippen molar-refractivity contribution in [3.8, 4) is 16.2 Å². The molecule has 170 valence electrons. The summed E-state index contributed by atoms with van der Waals surface area (Å²) in [5, 5.41) is 9.70. The lowest BCUT2D eigenvalue weighted by Crippen LogP contribution is -2.41. The zero-order valence-electron chi connectivity index (χ0n) is 18.3. The zero-order valence-corrected chi connectivity index (χ0v) is 20.0. The van der Waals surface area contributed by atoms with Gasteiger partial charge in [0.15, 0.2) is 0 Å². The van der Waals surface area contributed by atoms with Gasteiger partial charge < -0.3 is 9.84 Å². The van der Waals surface area contributed by atoms with Crippen molar-refractivity contribution in [2.45, 2.75) is 24.9 Å². The molecule has 0 unspecified atom stereocenters. The number of carbonyl (C=O) groups is 1. The van der Waals surface area contributed by atoms with Crippen LogP contribution in [-0.2, 0) is 17.9 Å². The molecule has 0 spiro atoms. The lowest BCUT2D eigenvalue weighted by molar-refractivity contribution is -0.137. The van der Waals surface area contributed by atoms with E-state index in [1.807, 2.05) is 61.7 Å². The number of methoxy groups -OCH3 is 1. The van der Waals surface area contributed by atoms with Crippen LogP contribution in [0.4, 0.5) is 0 Å². The van der Waals surface area contributed by atoms with Gasteiger partial charge in [-0.05, 0) is 60.2 Å². The van der Waals surface area contributed by atoms with Gasteiger partial charge in [0.2, 0.25) is 0 Å². The highest BCUT2D eigenvalue weighted by atomic mass is 32.2. The molecule has 0 amide bonds. The van der Waals surface area contributed by atoms with Crippen LogP contribution in [0.15, 0.2) is 63.0 Å². The quantitative estimate of drug-likeness (QED) is 0.400. The van der Waals surface area contributed by atoms with Crippen LogP contribution in [0.3, 0.4) is 0 Å². The average Bonchev–Trinajstić information content (AvgIpc) is 3.16. The van der Waals surface area contributed by atoms with Gasteiger partial charge in [0.1, 0.15) is 17.1 Å². The minimum atomic E-state index is -1.24. The Bertz CT molecular complexity index is 1470. The number of aromatic nitrogens is 2. The van der Waals surface area contributed by atoms with Crippen molar-refractivity contribution in [1.82, 2.24) is 9.13 Å². The highest BCUT2D eigenvalue weighted by Crippen LogP contribution is 2.37. The third-order valence-corrected chi connectivity index (χ3v) is 7.66. The molecule has 4 aromatic rings. The standard InChI is InChI=1S/C24H22N2O5S2/c1-14-20-22(29)25(13-19(27)28)24(30)26(12-16-6-4-5-7-18(16)32-3)23(20)33-21(14)15-8-10-17(31-2)11-9-15/h4-11H,12-13H2,1-3H3,(H,27,28). The fraction of sp³-hybridized carbons (Fsp3) is 0.208. The van der Waals surface area contributed by atoms with E-state index in [1.54, 1.807) is 18.9 Å². The summed E-state index contributed by atoms with van der Waals surface area (Å²) in [4.78, 5) is 40.4. The molecule has 1 N–H and O–H groups in total. The molecule has 0 aliphatic carbocycles. The minimum absolute atomic E-state index is 0.230. The van der Waals surface area contributed by atoms with Crippen LogP contribution < -0.4 is 16.0 Å². The number of hydrogen-bond donors (Lipinski definition) is 1. The van der Waals surface area contributed by atoms with Crippen LogP contribution in [0, 0.1) is 6.92 Å². The van der Waals surface area contributed by atoms with Gasteiger partial charge in [0, 0.05) is 9.77 Å². The Morgan fingerprint density at radius 2 is 1.79 bits per heavy atom. The molecule has 0 radical (unpaired) electrons. The SMILES string of the molecule is COc1ccc(-c2sc3c(c2C)c(=O)n(CC(=O)O)c(=O)n3Cc2ccccc2SC)cc1. The van der Waals surface area contributed by atoms with Crippen molar-refractivity contribution in [3.63, 3.8) is 0 Å². The summed E-state index contributed by atoms with van der Waals surface area (Å²) in [6.07, 6.45) is 1.96. The second kappa shape index (κ2) is 9.29.